The largest absolute Gasteiger partial charge is 0.394 e. The van der Waals surface area contributed by atoms with Crippen LogP contribution < -0.4 is 15.7 Å². The molecule has 6 N–H and O–H groups in total. The van der Waals surface area contributed by atoms with Crippen molar-refractivity contribution in [2.75, 3.05) is 29.4 Å². The van der Waals surface area contributed by atoms with Gasteiger partial charge in [-0.05, 0) is 0 Å². The van der Waals surface area contributed by atoms with E-state index in [-0.39, 0.29) is 24.6 Å². The van der Waals surface area contributed by atoms with Crippen LogP contribution >= 0.6 is 11.6 Å². The van der Waals surface area contributed by atoms with Gasteiger partial charge >= 0.3 is 0 Å². The molecule has 3 heterocycles. The molecule has 1 aromatic heterocycles. The predicted molar refractivity (Wildman–Crippen MR) is 83.5 cm³/mol. The maximum Gasteiger partial charge on any atom is 0.173 e. The third kappa shape index (κ3) is 2.85. The lowest BCUT2D eigenvalue weighted by atomic mass is 10.1. The van der Waals surface area contributed by atoms with E-state index in [0.717, 1.165) is 0 Å². The minimum absolute atomic E-state index is 0.0101. The minimum atomic E-state index is -1.23. The molecule has 2 aliphatic heterocycles. The van der Waals surface area contributed by atoms with Gasteiger partial charge < -0.3 is 39.9 Å². The lowest BCUT2D eigenvalue weighted by Gasteiger charge is -2.29. The first-order valence-electron chi connectivity index (χ1n) is 7.49. The topological polar surface area (TPSA) is 147 Å². The second-order valence-electron chi connectivity index (χ2n) is 5.79. The minimum Gasteiger partial charge on any atom is -0.394 e. The first-order chi connectivity index (χ1) is 11.5. The van der Waals surface area contributed by atoms with Crippen molar-refractivity contribution in [3.63, 3.8) is 0 Å². The number of alkyl halides is 1. The quantitative estimate of drug-likeness (QED) is 0.318. The van der Waals surface area contributed by atoms with Gasteiger partial charge in [-0.2, -0.15) is 0 Å². The highest BCUT2D eigenvalue weighted by Crippen LogP contribution is 2.34. The van der Waals surface area contributed by atoms with Crippen LogP contribution in [0.15, 0.2) is 6.33 Å². The molecule has 3 rings (SSSR count). The molecule has 11 heteroatoms. The third-order valence-corrected chi connectivity index (χ3v) is 4.52. The summed E-state index contributed by atoms with van der Waals surface area (Å²) in [5.41, 5.74) is 0.438. The summed E-state index contributed by atoms with van der Waals surface area (Å²) in [5, 5.41) is 50.1. The van der Waals surface area contributed by atoms with E-state index in [1.807, 2.05) is 0 Å². The summed E-state index contributed by atoms with van der Waals surface area (Å²) in [5.74, 6) is 0.528. The molecule has 5 atom stereocenters. The van der Waals surface area contributed by atoms with E-state index < -0.39 is 37.3 Å². The smallest absolute Gasteiger partial charge is 0.173 e. The molecule has 0 spiro atoms. The summed E-state index contributed by atoms with van der Waals surface area (Å²) in [6, 6.07) is 0. The average Bonchev–Trinajstić information content (AvgIpc) is 3.13. The van der Waals surface area contributed by atoms with Crippen molar-refractivity contribution in [1.82, 2.24) is 9.55 Å². The lowest BCUT2D eigenvalue weighted by Crippen LogP contribution is -2.45. The Morgan fingerprint density at radius 1 is 1.46 bits per heavy atom. The molecular weight excluding hydrogens is 342 g/mol. The molecule has 24 heavy (non-hydrogen) atoms. The van der Waals surface area contributed by atoms with Crippen LogP contribution in [0.3, 0.4) is 0 Å². The van der Waals surface area contributed by atoms with Crippen LogP contribution in [-0.4, -0.2) is 79.8 Å². The Kier molecular flexibility index (Phi) is 4.95. The number of hydrogen-bond donors (Lipinski definition) is 6. The van der Waals surface area contributed by atoms with Crippen LogP contribution in [0.1, 0.15) is 0 Å². The van der Waals surface area contributed by atoms with Gasteiger partial charge in [-0.1, -0.05) is 0 Å². The number of hydrogen-bond acceptors (Lipinski definition) is 9. The molecule has 0 saturated carbocycles. The van der Waals surface area contributed by atoms with E-state index in [2.05, 4.69) is 10.3 Å². The second-order valence-corrected chi connectivity index (χ2v) is 6.09. The summed E-state index contributed by atoms with van der Waals surface area (Å²) < 4.78 is 7.16. The number of aromatic nitrogens is 2. The number of nitrogens with one attached hydrogen (secondary N) is 2. The fraction of sp³-hybridized carbons (Fsp3) is 0.692. The van der Waals surface area contributed by atoms with E-state index >= 15 is 0 Å². The number of fused-ring (bicyclic) bond motifs is 1. The van der Waals surface area contributed by atoms with Crippen LogP contribution in [0.25, 0.3) is 0 Å². The first kappa shape index (κ1) is 17.4. The van der Waals surface area contributed by atoms with E-state index in [0.29, 0.717) is 11.5 Å². The van der Waals surface area contributed by atoms with E-state index in [4.69, 9.17) is 21.7 Å². The van der Waals surface area contributed by atoms with Gasteiger partial charge in [0.05, 0.1) is 38.1 Å². The molecule has 10 nitrogen and oxygen atoms in total. The molecule has 134 valence electrons. The van der Waals surface area contributed by atoms with Crippen molar-refractivity contribution in [2.24, 2.45) is 0 Å². The van der Waals surface area contributed by atoms with Gasteiger partial charge in [0.1, 0.15) is 29.8 Å². The second kappa shape index (κ2) is 6.82. The Bertz CT molecular complexity index is 658. The Morgan fingerprint density at radius 2 is 2.21 bits per heavy atom. The summed E-state index contributed by atoms with van der Waals surface area (Å²) in [4.78, 5) is 5.58. The van der Waals surface area contributed by atoms with Gasteiger partial charge in [0.15, 0.2) is 11.7 Å². The number of nitrogens with zero attached hydrogens (tertiary/aromatic N) is 3. The lowest BCUT2D eigenvalue weighted by molar-refractivity contribution is -0.0221. The molecule has 0 bridgehead atoms. The molecule has 0 radical (unpaired) electrons. The number of aliphatic hydroxyl groups is 4. The third-order valence-electron chi connectivity index (χ3n) is 4.17. The van der Waals surface area contributed by atoms with E-state index in [9.17, 15) is 20.4 Å². The monoisotopic (exact) mass is 361 g/mol. The van der Waals surface area contributed by atoms with Crippen LogP contribution in [0.4, 0.5) is 11.5 Å². The average molecular weight is 362 g/mol. The summed E-state index contributed by atoms with van der Waals surface area (Å²) in [7, 11) is 0. The molecule has 2 aliphatic rings. The molecule has 1 fully saturated rings. The number of aliphatic hydroxyl groups excluding tert-OH is 4. The fourth-order valence-electron chi connectivity index (χ4n) is 2.96. The number of rotatable bonds is 5. The maximum atomic E-state index is 10.2. The molecule has 0 amide bonds. The van der Waals surface area contributed by atoms with Gasteiger partial charge in [-0.25, -0.2) is 4.98 Å². The highest BCUT2D eigenvalue weighted by atomic mass is 35.5. The first-order valence-corrected chi connectivity index (χ1v) is 8.02. The van der Waals surface area contributed by atoms with Gasteiger partial charge in [-0.3, -0.25) is 5.41 Å². The fourth-order valence-corrected chi connectivity index (χ4v) is 3.06. The van der Waals surface area contributed by atoms with Crippen molar-refractivity contribution in [1.29, 1.82) is 5.41 Å². The number of ether oxygens (including phenoxy) is 1. The van der Waals surface area contributed by atoms with Gasteiger partial charge in [0.25, 0.3) is 0 Å². The van der Waals surface area contributed by atoms with Crippen molar-refractivity contribution >= 4 is 23.1 Å². The highest BCUT2D eigenvalue weighted by Gasteiger charge is 2.47. The molecule has 1 saturated heterocycles. The normalized spacial score (nSPS) is 30.3. The molecule has 1 aromatic rings. The summed E-state index contributed by atoms with van der Waals surface area (Å²) in [6.07, 6.45) is -3.67. The summed E-state index contributed by atoms with van der Waals surface area (Å²) in [6.45, 7) is -0.0591. The van der Waals surface area contributed by atoms with Gasteiger partial charge in [-0.15, -0.1) is 11.6 Å². The molecule has 0 aliphatic carbocycles. The predicted octanol–water partition coefficient (Wildman–Crippen LogP) is -2.41. The van der Waals surface area contributed by atoms with Crippen LogP contribution in [0, 0.1) is 5.41 Å². The van der Waals surface area contributed by atoms with Crippen LogP contribution in [-0.2, 0) is 11.3 Å². The van der Waals surface area contributed by atoms with Crippen molar-refractivity contribution in [3.05, 3.63) is 11.8 Å². The van der Waals surface area contributed by atoms with Crippen LogP contribution in [0.2, 0.25) is 0 Å². The zero-order valence-electron chi connectivity index (χ0n) is 12.7. The Morgan fingerprint density at radius 3 is 2.83 bits per heavy atom. The molecule has 1 unspecified atom stereocenters. The zero-order valence-corrected chi connectivity index (χ0v) is 13.5. The number of anilines is 2. The van der Waals surface area contributed by atoms with Crippen molar-refractivity contribution < 1.29 is 25.2 Å². The number of halogens is 1. The summed E-state index contributed by atoms with van der Waals surface area (Å²) >= 11 is 5.65. The SMILES string of the molecule is N=c1ncn(CC(O)CCl)c2c1NCN2[C@@H]1O[C@H](CO)[C@@H](O)[C@H]1O. The standard InChI is InChI=1S/C13H20ClN5O5/c14-1-6(21)2-18-4-17-11(15)8-12(18)19(5-16-8)13-10(23)9(22)7(3-20)24-13/h4,6-7,9-10,13,15-16,20-23H,1-3,5H2/t6?,7-,9-,10-,13-/m1/s1. The van der Waals surface area contributed by atoms with Crippen molar-refractivity contribution in [2.45, 2.75) is 37.2 Å². The highest BCUT2D eigenvalue weighted by molar-refractivity contribution is 6.18. The van der Waals surface area contributed by atoms with Gasteiger partial charge in [0.2, 0.25) is 0 Å². The molecular formula is C13H20ClN5O5. The maximum absolute atomic E-state index is 10.2. The zero-order chi connectivity index (χ0) is 17.4. The Balaban J connectivity index is 1.96. The van der Waals surface area contributed by atoms with E-state index in [1.165, 1.54) is 6.33 Å². The van der Waals surface area contributed by atoms with Crippen LogP contribution in [0.5, 0.6) is 0 Å². The molecule has 0 aromatic carbocycles. The Labute approximate surface area is 142 Å². The van der Waals surface area contributed by atoms with Gasteiger partial charge in [0, 0.05) is 0 Å². The van der Waals surface area contributed by atoms with Crippen molar-refractivity contribution in [3.8, 4) is 0 Å². The Hall–Kier alpha value is -1.43. The van der Waals surface area contributed by atoms with E-state index in [1.54, 1.807) is 9.47 Å².